The second-order valence-electron chi connectivity index (χ2n) is 2.97. The van der Waals surface area contributed by atoms with Gasteiger partial charge < -0.3 is 4.74 Å². The topological polar surface area (TPSA) is 35.0 Å². The summed E-state index contributed by atoms with van der Waals surface area (Å²) >= 11 is 5.44. The maximum Gasteiger partial charge on any atom is 0.260 e. The minimum atomic E-state index is -1.11. The molecule has 7 heteroatoms. The molecular formula is C10H4ClF3N2O. The van der Waals surface area contributed by atoms with Gasteiger partial charge in [-0.15, -0.1) is 0 Å². The van der Waals surface area contributed by atoms with E-state index in [-0.39, 0.29) is 11.0 Å². The van der Waals surface area contributed by atoms with Crippen molar-refractivity contribution in [2.45, 2.75) is 0 Å². The van der Waals surface area contributed by atoms with Gasteiger partial charge in [-0.05, 0) is 23.7 Å². The monoisotopic (exact) mass is 260 g/mol. The summed E-state index contributed by atoms with van der Waals surface area (Å²) in [4.78, 5) is 6.84. The lowest BCUT2D eigenvalue weighted by atomic mass is 10.3. The zero-order chi connectivity index (χ0) is 12.4. The van der Waals surface area contributed by atoms with E-state index in [4.69, 9.17) is 16.3 Å². The van der Waals surface area contributed by atoms with E-state index >= 15 is 0 Å². The van der Waals surface area contributed by atoms with E-state index in [1.165, 1.54) is 0 Å². The third-order valence-electron chi connectivity index (χ3n) is 1.79. The third-order valence-corrected chi connectivity index (χ3v) is 1.97. The minimum absolute atomic E-state index is 0.0995. The molecule has 1 aromatic carbocycles. The van der Waals surface area contributed by atoms with Crippen LogP contribution in [0.25, 0.3) is 0 Å². The third kappa shape index (κ3) is 2.65. The molecule has 0 saturated heterocycles. The summed E-state index contributed by atoms with van der Waals surface area (Å²) in [6, 6.07) is 2.75. The predicted molar refractivity (Wildman–Crippen MR) is 53.4 cm³/mol. The second-order valence-corrected chi connectivity index (χ2v) is 3.31. The Morgan fingerprint density at radius 2 is 1.82 bits per heavy atom. The first kappa shape index (κ1) is 11.7. The van der Waals surface area contributed by atoms with Crippen molar-refractivity contribution in [2.24, 2.45) is 0 Å². The molecule has 0 atom stereocenters. The number of ether oxygens (including phenoxy) is 1. The molecule has 0 fully saturated rings. The van der Waals surface area contributed by atoms with Crippen molar-refractivity contribution in [3.05, 3.63) is 47.1 Å². The van der Waals surface area contributed by atoms with Crippen molar-refractivity contribution in [3.63, 3.8) is 0 Å². The van der Waals surface area contributed by atoms with Crippen LogP contribution in [0.5, 0.6) is 11.6 Å². The van der Waals surface area contributed by atoms with Gasteiger partial charge in [0.1, 0.15) is 5.75 Å². The van der Waals surface area contributed by atoms with Crippen LogP contribution >= 0.6 is 11.6 Å². The lowest BCUT2D eigenvalue weighted by Crippen LogP contribution is -1.95. The van der Waals surface area contributed by atoms with Crippen LogP contribution in [0.4, 0.5) is 13.2 Å². The van der Waals surface area contributed by atoms with E-state index in [0.717, 1.165) is 24.4 Å². The lowest BCUT2D eigenvalue weighted by Gasteiger charge is -2.05. The maximum absolute atomic E-state index is 13.2. The molecule has 0 radical (unpaired) electrons. The van der Waals surface area contributed by atoms with Gasteiger partial charge in [-0.1, -0.05) is 0 Å². The Labute approximate surface area is 98.8 Å². The van der Waals surface area contributed by atoms with Crippen LogP contribution in [0.15, 0.2) is 24.4 Å². The molecule has 0 spiro atoms. The van der Waals surface area contributed by atoms with Gasteiger partial charge >= 0.3 is 0 Å². The molecule has 1 aromatic heterocycles. The van der Waals surface area contributed by atoms with Crippen LogP contribution in [0.2, 0.25) is 5.28 Å². The first-order valence-electron chi connectivity index (χ1n) is 4.37. The Bertz CT molecular complexity index is 565. The summed E-state index contributed by atoms with van der Waals surface area (Å²) in [5, 5.41) is -0.219. The van der Waals surface area contributed by atoms with E-state index < -0.39 is 23.3 Å². The molecule has 0 N–H and O–H groups in total. The molecule has 17 heavy (non-hydrogen) atoms. The SMILES string of the molecule is Fc1ccc(Oc2nc(Cl)ncc2F)cc1F. The molecule has 0 aliphatic carbocycles. The average molecular weight is 261 g/mol. The number of hydrogen-bond acceptors (Lipinski definition) is 3. The molecule has 0 aliphatic heterocycles. The van der Waals surface area contributed by atoms with Crippen molar-refractivity contribution >= 4 is 11.6 Å². The molecule has 88 valence electrons. The molecule has 0 bridgehead atoms. The van der Waals surface area contributed by atoms with E-state index in [1.807, 2.05) is 0 Å². The van der Waals surface area contributed by atoms with Crippen LogP contribution in [-0.2, 0) is 0 Å². The van der Waals surface area contributed by atoms with E-state index in [1.54, 1.807) is 0 Å². The van der Waals surface area contributed by atoms with Crippen molar-refractivity contribution in [3.8, 4) is 11.6 Å². The van der Waals surface area contributed by atoms with Crippen LogP contribution in [-0.4, -0.2) is 9.97 Å². The maximum atomic E-state index is 13.2. The standard InChI is InChI=1S/C10H4ClF3N2O/c11-10-15-4-8(14)9(16-10)17-5-1-2-6(12)7(13)3-5/h1-4H. The fourth-order valence-electron chi connectivity index (χ4n) is 1.05. The molecule has 0 aliphatic rings. The summed E-state index contributed by atoms with van der Waals surface area (Å²) in [6.07, 6.45) is 0.810. The fourth-order valence-corrected chi connectivity index (χ4v) is 1.18. The summed E-state index contributed by atoms with van der Waals surface area (Å²) in [5.74, 6) is -3.56. The van der Waals surface area contributed by atoms with Gasteiger partial charge in [-0.25, -0.2) is 13.8 Å². The Kier molecular flexibility index (Phi) is 3.14. The van der Waals surface area contributed by atoms with Gasteiger partial charge in [-0.2, -0.15) is 9.37 Å². The Morgan fingerprint density at radius 3 is 2.53 bits per heavy atom. The summed E-state index contributed by atoms with van der Waals surface area (Å²) in [6.45, 7) is 0. The highest BCUT2D eigenvalue weighted by Gasteiger charge is 2.10. The van der Waals surface area contributed by atoms with E-state index in [2.05, 4.69) is 9.97 Å². The first-order chi connectivity index (χ1) is 8.06. The predicted octanol–water partition coefficient (Wildman–Crippen LogP) is 3.34. The van der Waals surface area contributed by atoms with Crippen LogP contribution in [0.3, 0.4) is 0 Å². The van der Waals surface area contributed by atoms with Crippen molar-refractivity contribution in [2.75, 3.05) is 0 Å². The smallest absolute Gasteiger partial charge is 0.260 e. The second kappa shape index (κ2) is 4.58. The molecule has 0 amide bonds. The number of halogens is 4. The molecular weight excluding hydrogens is 257 g/mol. The van der Waals surface area contributed by atoms with Crippen molar-refractivity contribution in [1.29, 1.82) is 0 Å². The minimum Gasteiger partial charge on any atom is -0.436 e. The van der Waals surface area contributed by atoms with E-state index in [9.17, 15) is 13.2 Å². The molecule has 0 saturated carbocycles. The Morgan fingerprint density at radius 1 is 1.06 bits per heavy atom. The number of benzene rings is 1. The summed E-state index contributed by atoms with van der Waals surface area (Å²) in [5.41, 5.74) is 0. The summed E-state index contributed by atoms with van der Waals surface area (Å²) in [7, 11) is 0. The van der Waals surface area contributed by atoms with Gasteiger partial charge in [0, 0.05) is 6.07 Å². The molecule has 2 aromatic rings. The van der Waals surface area contributed by atoms with Crippen molar-refractivity contribution < 1.29 is 17.9 Å². The van der Waals surface area contributed by atoms with Gasteiger partial charge in [0.05, 0.1) is 6.20 Å². The largest absolute Gasteiger partial charge is 0.436 e. The number of nitrogens with zero attached hydrogens (tertiary/aromatic N) is 2. The van der Waals surface area contributed by atoms with Crippen LogP contribution in [0, 0.1) is 17.5 Å². The van der Waals surface area contributed by atoms with Crippen LogP contribution in [0.1, 0.15) is 0 Å². The number of hydrogen-bond donors (Lipinski definition) is 0. The highest BCUT2D eigenvalue weighted by Crippen LogP contribution is 2.24. The number of aromatic nitrogens is 2. The highest BCUT2D eigenvalue weighted by molar-refractivity contribution is 6.28. The normalized spacial score (nSPS) is 10.4. The molecule has 2 rings (SSSR count). The van der Waals surface area contributed by atoms with Gasteiger partial charge in [0.2, 0.25) is 11.1 Å². The summed E-state index contributed by atoms with van der Waals surface area (Å²) < 4.78 is 43.6. The van der Waals surface area contributed by atoms with Gasteiger partial charge in [0.15, 0.2) is 11.6 Å². The lowest BCUT2D eigenvalue weighted by molar-refractivity contribution is 0.412. The van der Waals surface area contributed by atoms with Crippen molar-refractivity contribution in [1.82, 2.24) is 9.97 Å². The van der Waals surface area contributed by atoms with Gasteiger partial charge in [0.25, 0.3) is 5.88 Å². The Hall–Kier alpha value is -1.82. The quantitative estimate of drug-likeness (QED) is 0.777. The average Bonchev–Trinajstić information content (AvgIpc) is 2.29. The van der Waals surface area contributed by atoms with E-state index in [0.29, 0.717) is 0 Å². The van der Waals surface area contributed by atoms with Gasteiger partial charge in [-0.3, -0.25) is 0 Å². The zero-order valence-electron chi connectivity index (χ0n) is 8.12. The molecule has 1 heterocycles. The highest BCUT2D eigenvalue weighted by atomic mass is 35.5. The fraction of sp³-hybridized carbons (Fsp3) is 0. The molecule has 3 nitrogen and oxygen atoms in total. The Balaban J connectivity index is 2.31. The molecule has 0 unspecified atom stereocenters. The zero-order valence-corrected chi connectivity index (χ0v) is 8.88. The first-order valence-corrected chi connectivity index (χ1v) is 4.75. The van der Waals surface area contributed by atoms with Crippen LogP contribution < -0.4 is 4.74 Å². The number of rotatable bonds is 2.